The van der Waals surface area contributed by atoms with Crippen molar-refractivity contribution >= 4 is 27.6 Å². The molecule has 1 aromatic heterocycles. The van der Waals surface area contributed by atoms with E-state index in [2.05, 4.69) is 17.1 Å². The predicted molar refractivity (Wildman–Crippen MR) is 84.4 cm³/mol. The lowest BCUT2D eigenvalue weighted by Crippen LogP contribution is -2.37. The number of hydrogen-bond donors (Lipinski definition) is 2. The standard InChI is InChI=1S/C17H18N2O2/c1-11(10-20)19(2)17(21)16-9-14-13-6-4-3-5-12(13)7-8-15(14)18-16/h3-9,11,18,20H,10H2,1-2H3. The molecule has 0 fully saturated rings. The summed E-state index contributed by atoms with van der Waals surface area (Å²) in [6.45, 7) is 1.77. The van der Waals surface area contributed by atoms with Crippen molar-refractivity contribution in [2.75, 3.05) is 13.7 Å². The van der Waals surface area contributed by atoms with E-state index in [0.29, 0.717) is 5.69 Å². The van der Waals surface area contributed by atoms with Gasteiger partial charge >= 0.3 is 0 Å². The number of nitrogens with zero attached hydrogens (tertiary/aromatic N) is 1. The van der Waals surface area contributed by atoms with Gasteiger partial charge < -0.3 is 15.0 Å². The van der Waals surface area contributed by atoms with Crippen LogP contribution in [0.5, 0.6) is 0 Å². The number of likely N-dealkylation sites (N-methyl/N-ethyl adjacent to an activating group) is 1. The number of nitrogens with one attached hydrogen (secondary N) is 1. The van der Waals surface area contributed by atoms with Crippen LogP contribution in [0.2, 0.25) is 0 Å². The van der Waals surface area contributed by atoms with Gasteiger partial charge in [0.2, 0.25) is 0 Å². The number of carbonyl (C=O) groups is 1. The van der Waals surface area contributed by atoms with Crippen molar-refractivity contribution in [1.29, 1.82) is 0 Å². The fourth-order valence-corrected chi connectivity index (χ4v) is 2.51. The molecule has 2 N–H and O–H groups in total. The molecule has 0 aliphatic heterocycles. The van der Waals surface area contributed by atoms with E-state index < -0.39 is 0 Å². The van der Waals surface area contributed by atoms with E-state index in [9.17, 15) is 9.90 Å². The maximum atomic E-state index is 12.4. The zero-order chi connectivity index (χ0) is 15.0. The number of carbonyl (C=O) groups excluding carboxylic acids is 1. The predicted octanol–water partition coefficient (Wildman–Crippen LogP) is 2.77. The summed E-state index contributed by atoms with van der Waals surface area (Å²) in [4.78, 5) is 17.2. The second-order valence-corrected chi connectivity index (χ2v) is 5.38. The summed E-state index contributed by atoms with van der Waals surface area (Å²) in [5, 5.41) is 12.5. The number of benzene rings is 2. The van der Waals surface area contributed by atoms with E-state index in [0.717, 1.165) is 21.7 Å². The average molecular weight is 282 g/mol. The number of aliphatic hydroxyl groups is 1. The van der Waals surface area contributed by atoms with Gasteiger partial charge in [-0.3, -0.25) is 4.79 Å². The quantitative estimate of drug-likeness (QED) is 0.776. The van der Waals surface area contributed by atoms with Crippen molar-refractivity contribution in [3.05, 3.63) is 48.2 Å². The molecule has 1 amide bonds. The minimum Gasteiger partial charge on any atom is -0.394 e. The van der Waals surface area contributed by atoms with Gasteiger partial charge in [-0.25, -0.2) is 0 Å². The van der Waals surface area contributed by atoms with Crippen molar-refractivity contribution < 1.29 is 9.90 Å². The van der Waals surface area contributed by atoms with Crippen LogP contribution in [0.25, 0.3) is 21.7 Å². The average Bonchev–Trinajstić information content (AvgIpc) is 2.97. The molecule has 0 saturated carbocycles. The van der Waals surface area contributed by atoms with E-state index in [1.165, 1.54) is 0 Å². The number of amides is 1. The number of H-pyrrole nitrogens is 1. The van der Waals surface area contributed by atoms with Crippen LogP contribution >= 0.6 is 0 Å². The third-order valence-corrected chi connectivity index (χ3v) is 4.00. The van der Waals surface area contributed by atoms with Gasteiger partial charge in [-0.2, -0.15) is 0 Å². The summed E-state index contributed by atoms with van der Waals surface area (Å²) in [7, 11) is 1.70. The van der Waals surface area contributed by atoms with Gasteiger partial charge in [-0.1, -0.05) is 30.3 Å². The smallest absolute Gasteiger partial charge is 0.270 e. The Morgan fingerprint density at radius 1 is 1.24 bits per heavy atom. The second kappa shape index (κ2) is 5.22. The molecule has 3 rings (SSSR count). The Kier molecular flexibility index (Phi) is 3.39. The topological polar surface area (TPSA) is 56.3 Å². The van der Waals surface area contributed by atoms with E-state index in [4.69, 9.17) is 0 Å². The van der Waals surface area contributed by atoms with Crippen molar-refractivity contribution in [2.24, 2.45) is 0 Å². The minimum absolute atomic E-state index is 0.0502. The molecule has 1 unspecified atom stereocenters. The van der Waals surface area contributed by atoms with Gasteiger partial charge in [0, 0.05) is 18.0 Å². The molecule has 0 aliphatic rings. The fourth-order valence-electron chi connectivity index (χ4n) is 2.51. The first kappa shape index (κ1) is 13.6. The number of aromatic nitrogens is 1. The number of rotatable bonds is 3. The highest BCUT2D eigenvalue weighted by molar-refractivity contribution is 6.09. The Morgan fingerprint density at radius 3 is 2.76 bits per heavy atom. The molecule has 1 atom stereocenters. The summed E-state index contributed by atoms with van der Waals surface area (Å²) in [5.74, 6) is -0.114. The Morgan fingerprint density at radius 2 is 2.00 bits per heavy atom. The van der Waals surface area contributed by atoms with Gasteiger partial charge in [-0.15, -0.1) is 0 Å². The highest BCUT2D eigenvalue weighted by Crippen LogP contribution is 2.26. The summed E-state index contributed by atoms with van der Waals surface area (Å²) in [6, 6.07) is 13.8. The molecule has 0 aliphatic carbocycles. The maximum absolute atomic E-state index is 12.4. The van der Waals surface area contributed by atoms with E-state index >= 15 is 0 Å². The van der Waals surface area contributed by atoms with Crippen molar-refractivity contribution in [3.8, 4) is 0 Å². The maximum Gasteiger partial charge on any atom is 0.270 e. The molecule has 4 nitrogen and oxygen atoms in total. The lowest BCUT2D eigenvalue weighted by molar-refractivity contribution is 0.0677. The van der Waals surface area contributed by atoms with Gasteiger partial charge in [0.1, 0.15) is 5.69 Å². The molecule has 4 heteroatoms. The van der Waals surface area contributed by atoms with Crippen LogP contribution in [-0.2, 0) is 0 Å². The van der Waals surface area contributed by atoms with Crippen LogP contribution in [0.4, 0.5) is 0 Å². The Hall–Kier alpha value is -2.33. The van der Waals surface area contributed by atoms with Crippen LogP contribution in [0.3, 0.4) is 0 Å². The van der Waals surface area contributed by atoms with E-state index in [1.807, 2.05) is 37.3 Å². The summed E-state index contributed by atoms with van der Waals surface area (Å²) < 4.78 is 0. The van der Waals surface area contributed by atoms with Crippen molar-refractivity contribution in [3.63, 3.8) is 0 Å². The highest BCUT2D eigenvalue weighted by Gasteiger charge is 2.19. The number of hydrogen-bond acceptors (Lipinski definition) is 2. The molecular formula is C17H18N2O2. The number of aliphatic hydroxyl groups excluding tert-OH is 1. The molecule has 1 heterocycles. The van der Waals surface area contributed by atoms with Crippen LogP contribution in [-0.4, -0.2) is 40.6 Å². The number of fused-ring (bicyclic) bond motifs is 3. The van der Waals surface area contributed by atoms with Gasteiger partial charge in [-0.05, 0) is 29.8 Å². The molecule has 0 saturated heterocycles. The summed E-state index contributed by atoms with van der Waals surface area (Å²) >= 11 is 0. The van der Waals surface area contributed by atoms with Gasteiger partial charge in [0.15, 0.2) is 0 Å². The third kappa shape index (κ3) is 2.28. The molecule has 108 valence electrons. The van der Waals surface area contributed by atoms with Gasteiger partial charge in [0.25, 0.3) is 5.91 Å². The lowest BCUT2D eigenvalue weighted by Gasteiger charge is -2.22. The van der Waals surface area contributed by atoms with Crippen LogP contribution < -0.4 is 0 Å². The monoisotopic (exact) mass is 282 g/mol. The van der Waals surface area contributed by atoms with Gasteiger partial charge in [0.05, 0.1) is 12.6 Å². The first-order chi connectivity index (χ1) is 10.1. The Labute approximate surface area is 123 Å². The number of aromatic amines is 1. The van der Waals surface area contributed by atoms with Crippen molar-refractivity contribution in [2.45, 2.75) is 13.0 Å². The summed E-state index contributed by atoms with van der Waals surface area (Å²) in [6.07, 6.45) is 0. The molecule has 0 radical (unpaired) electrons. The van der Waals surface area contributed by atoms with Crippen LogP contribution in [0, 0.1) is 0 Å². The van der Waals surface area contributed by atoms with Crippen LogP contribution in [0.15, 0.2) is 42.5 Å². The lowest BCUT2D eigenvalue weighted by atomic mass is 10.1. The normalized spacial score (nSPS) is 12.7. The zero-order valence-electron chi connectivity index (χ0n) is 12.1. The van der Waals surface area contributed by atoms with E-state index in [-0.39, 0.29) is 18.6 Å². The molecule has 0 bridgehead atoms. The SMILES string of the molecule is CC(CO)N(C)C(=O)c1cc2c(ccc3ccccc32)[nH]1. The first-order valence-corrected chi connectivity index (χ1v) is 7.00. The van der Waals surface area contributed by atoms with Crippen molar-refractivity contribution in [1.82, 2.24) is 9.88 Å². The zero-order valence-corrected chi connectivity index (χ0v) is 12.1. The highest BCUT2D eigenvalue weighted by atomic mass is 16.3. The summed E-state index contributed by atoms with van der Waals surface area (Å²) in [5.41, 5.74) is 1.49. The molecule has 2 aromatic carbocycles. The second-order valence-electron chi connectivity index (χ2n) is 5.38. The molecule has 3 aromatic rings. The fraction of sp³-hybridized carbons (Fsp3) is 0.235. The molecular weight excluding hydrogens is 264 g/mol. The Bertz CT molecular complexity index is 807. The Balaban J connectivity index is 2.09. The molecule has 21 heavy (non-hydrogen) atoms. The third-order valence-electron chi connectivity index (χ3n) is 4.00. The van der Waals surface area contributed by atoms with E-state index in [1.54, 1.807) is 11.9 Å². The minimum atomic E-state index is -0.208. The largest absolute Gasteiger partial charge is 0.394 e. The van der Waals surface area contributed by atoms with Crippen LogP contribution in [0.1, 0.15) is 17.4 Å². The molecule has 0 spiro atoms. The first-order valence-electron chi connectivity index (χ1n) is 7.00.